The number of methoxy groups -OCH3 is 2. The van der Waals surface area contributed by atoms with Crippen molar-refractivity contribution in [2.45, 2.75) is 12.5 Å². The molecule has 1 aliphatic heterocycles. The first-order valence-electron chi connectivity index (χ1n) is 10.9. The Morgan fingerprint density at radius 1 is 0.943 bits per heavy atom. The first-order valence-corrected chi connectivity index (χ1v) is 10.9. The van der Waals surface area contributed by atoms with Gasteiger partial charge in [-0.3, -0.25) is 9.59 Å². The van der Waals surface area contributed by atoms with Crippen LogP contribution in [0.25, 0.3) is 5.76 Å². The maximum Gasteiger partial charge on any atom is 0.295 e. The molecule has 1 heterocycles. The van der Waals surface area contributed by atoms with Crippen molar-refractivity contribution in [1.82, 2.24) is 4.90 Å². The summed E-state index contributed by atoms with van der Waals surface area (Å²) in [6, 6.07) is 14.7. The lowest BCUT2D eigenvalue weighted by Gasteiger charge is -2.25. The average Bonchev–Trinajstić information content (AvgIpc) is 3.12. The van der Waals surface area contributed by atoms with E-state index in [1.54, 1.807) is 24.3 Å². The van der Waals surface area contributed by atoms with Crippen LogP contribution in [0.2, 0.25) is 0 Å². The number of hydrogen-bond donors (Lipinski definition) is 1. The van der Waals surface area contributed by atoms with Crippen LogP contribution < -0.4 is 9.47 Å². The summed E-state index contributed by atoms with van der Waals surface area (Å²) in [7, 11) is 3.03. The predicted octanol–water partition coefficient (Wildman–Crippen LogP) is 4.65. The molecule has 0 aliphatic carbocycles. The summed E-state index contributed by atoms with van der Waals surface area (Å²) in [6.45, 7) is 0.0687. The Bertz CT molecular complexity index is 1300. The molecule has 1 amide bonds. The third kappa shape index (κ3) is 4.59. The highest BCUT2D eigenvalue weighted by molar-refractivity contribution is 6.46. The molecule has 3 aromatic rings. The van der Waals surface area contributed by atoms with Crippen molar-refractivity contribution >= 4 is 17.4 Å². The summed E-state index contributed by atoms with van der Waals surface area (Å²) in [5.41, 5.74) is 0.766. The van der Waals surface area contributed by atoms with Gasteiger partial charge >= 0.3 is 0 Å². The van der Waals surface area contributed by atoms with E-state index in [2.05, 4.69) is 0 Å². The quantitative estimate of drug-likeness (QED) is 0.303. The zero-order valence-electron chi connectivity index (χ0n) is 19.1. The molecular formula is C27H23F2NO5. The van der Waals surface area contributed by atoms with Crippen LogP contribution in [0, 0.1) is 11.6 Å². The number of ether oxygens (including phenoxy) is 2. The second-order valence-electron chi connectivity index (χ2n) is 7.96. The van der Waals surface area contributed by atoms with Crippen LogP contribution in [0.3, 0.4) is 0 Å². The molecule has 1 fully saturated rings. The molecule has 0 saturated carbocycles. The summed E-state index contributed by atoms with van der Waals surface area (Å²) in [6.07, 6.45) is 0.328. The van der Waals surface area contributed by atoms with Crippen LogP contribution in [-0.4, -0.2) is 42.5 Å². The van der Waals surface area contributed by atoms with Gasteiger partial charge in [0.25, 0.3) is 11.7 Å². The van der Waals surface area contributed by atoms with Gasteiger partial charge < -0.3 is 19.5 Å². The van der Waals surface area contributed by atoms with E-state index in [0.29, 0.717) is 17.9 Å². The molecule has 6 nitrogen and oxygen atoms in total. The summed E-state index contributed by atoms with van der Waals surface area (Å²) in [5.74, 6) is -2.39. The lowest BCUT2D eigenvalue weighted by molar-refractivity contribution is -0.139. The molecule has 0 spiro atoms. The maximum atomic E-state index is 14.9. The van der Waals surface area contributed by atoms with Gasteiger partial charge in [-0.25, -0.2) is 8.78 Å². The smallest absolute Gasteiger partial charge is 0.295 e. The molecule has 1 aliphatic rings. The fourth-order valence-electron chi connectivity index (χ4n) is 4.18. The minimum absolute atomic E-state index is 0.0687. The molecule has 0 bridgehead atoms. The van der Waals surface area contributed by atoms with Crippen LogP contribution in [0.15, 0.2) is 72.3 Å². The van der Waals surface area contributed by atoms with Crippen LogP contribution >= 0.6 is 0 Å². The summed E-state index contributed by atoms with van der Waals surface area (Å²) in [4.78, 5) is 27.3. The summed E-state index contributed by atoms with van der Waals surface area (Å²) < 4.78 is 38.8. The predicted molar refractivity (Wildman–Crippen MR) is 125 cm³/mol. The van der Waals surface area contributed by atoms with Crippen LogP contribution in [0.1, 0.15) is 22.7 Å². The number of Topliss-reactive ketones (excluding diaryl/α,β-unsaturated/α-hetero) is 1. The Balaban J connectivity index is 1.75. The summed E-state index contributed by atoms with van der Waals surface area (Å²) in [5, 5.41) is 11.0. The standard InChI is InChI=1S/C27H23F2NO5/c1-34-21-12-7-16(15-22(21)35-2)13-14-30-24(19-5-3-4-6-20(19)29)23(26(32)27(30)33)25(31)17-8-10-18(28)11-9-17/h3-12,15,24,31H,13-14H2,1-2H3/t24-/m1/s1. The molecule has 0 radical (unpaired) electrons. The van der Waals surface area contributed by atoms with Gasteiger partial charge in [-0.1, -0.05) is 24.3 Å². The first-order chi connectivity index (χ1) is 16.8. The van der Waals surface area contributed by atoms with Crippen molar-refractivity contribution in [2.24, 2.45) is 0 Å². The SMILES string of the molecule is COc1ccc(CCN2C(=O)C(=O)C(=C(O)c3ccc(F)cc3)[C@H]2c2ccccc2F)cc1OC. The van der Waals surface area contributed by atoms with Crippen LogP contribution in [-0.2, 0) is 16.0 Å². The lowest BCUT2D eigenvalue weighted by atomic mass is 9.94. The fourth-order valence-corrected chi connectivity index (χ4v) is 4.18. The molecular weight excluding hydrogens is 456 g/mol. The van der Waals surface area contributed by atoms with E-state index >= 15 is 0 Å². The van der Waals surface area contributed by atoms with Gasteiger partial charge in [-0.2, -0.15) is 0 Å². The molecule has 3 aromatic carbocycles. The number of likely N-dealkylation sites (tertiary alicyclic amines) is 1. The van der Waals surface area contributed by atoms with E-state index in [0.717, 1.165) is 17.7 Å². The van der Waals surface area contributed by atoms with Crippen molar-refractivity contribution in [2.75, 3.05) is 20.8 Å². The zero-order valence-corrected chi connectivity index (χ0v) is 19.1. The molecule has 1 saturated heterocycles. The van der Waals surface area contributed by atoms with Crippen molar-refractivity contribution in [3.05, 3.63) is 101 Å². The molecule has 180 valence electrons. The number of carbonyl (C=O) groups is 2. The van der Waals surface area contributed by atoms with Gasteiger partial charge in [-0.05, 0) is 54.4 Å². The van der Waals surface area contributed by atoms with Gasteiger partial charge in [-0.15, -0.1) is 0 Å². The van der Waals surface area contributed by atoms with E-state index in [1.807, 2.05) is 0 Å². The third-order valence-electron chi connectivity index (χ3n) is 5.95. The number of ketones is 1. The molecule has 1 N–H and O–H groups in total. The highest BCUT2D eigenvalue weighted by Crippen LogP contribution is 2.40. The number of aliphatic hydroxyl groups excluding tert-OH is 1. The Morgan fingerprint density at radius 3 is 2.29 bits per heavy atom. The minimum Gasteiger partial charge on any atom is -0.507 e. The number of benzene rings is 3. The molecule has 0 unspecified atom stereocenters. The average molecular weight is 479 g/mol. The number of carbonyl (C=O) groups excluding carboxylic acids is 2. The maximum absolute atomic E-state index is 14.9. The van der Waals surface area contributed by atoms with Gasteiger partial charge in [0.2, 0.25) is 0 Å². The van der Waals surface area contributed by atoms with E-state index in [-0.39, 0.29) is 23.2 Å². The Morgan fingerprint density at radius 2 is 1.63 bits per heavy atom. The molecule has 0 aromatic heterocycles. The monoisotopic (exact) mass is 479 g/mol. The molecule has 1 atom stereocenters. The Kier molecular flexibility index (Phi) is 6.82. The van der Waals surface area contributed by atoms with Crippen molar-refractivity contribution in [1.29, 1.82) is 0 Å². The number of nitrogens with zero attached hydrogens (tertiary/aromatic N) is 1. The highest BCUT2D eigenvalue weighted by atomic mass is 19.1. The van der Waals surface area contributed by atoms with Gasteiger partial charge in [0.15, 0.2) is 11.5 Å². The van der Waals surface area contributed by atoms with Gasteiger partial charge in [0.05, 0.1) is 25.8 Å². The number of hydrogen-bond acceptors (Lipinski definition) is 5. The number of halogens is 2. The number of amides is 1. The number of rotatable bonds is 7. The lowest BCUT2D eigenvalue weighted by Crippen LogP contribution is -2.32. The van der Waals surface area contributed by atoms with Crippen molar-refractivity contribution < 1.29 is 33.0 Å². The second-order valence-corrected chi connectivity index (χ2v) is 7.96. The van der Waals surface area contributed by atoms with E-state index in [4.69, 9.17) is 9.47 Å². The number of aliphatic hydroxyl groups is 1. The zero-order chi connectivity index (χ0) is 25.1. The van der Waals surface area contributed by atoms with Crippen molar-refractivity contribution in [3.63, 3.8) is 0 Å². The highest BCUT2D eigenvalue weighted by Gasteiger charge is 2.46. The molecule has 8 heteroatoms. The summed E-state index contributed by atoms with van der Waals surface area (Å²) >= 11 is 0. The Labute approximate surface area is 201 Å². The van der Waals surface area contributed by atoms with Crippen LogP contribution in [0.5, 0.6) is 11.5 Å². The first kappa shape index (κ1) is 23.9. The molecule has 35 heavy (non-hydrogen) atoms. The Hall–Kier alpha value is -4.20. The molecule has 4 rings (SSSR count). The normalized spacial score (nSPS) is 17.0. The second kappa shape index (κ2) is 9.97. The van der Waals surface area contributed by atoms with E-state index < -0.39 is 35.1 Å². The largest absolute Gasteiger partial charge is 0.507 e. The van der Waals surface area contributed by atoms with Gasteiger partial charge in [0, 0.05) is 17.7 Å². The van der Waals surface area contributed by atoms with E-state index in [9.17, 15) is 23.5 Å². The van der Waals surface area contributed by atoms with Crippen LogP contribution in [0.4, 0.5) is 8.78 Å². The fraction of sp³-hybridized carbons (Fsp3) is 0.185. The third-order valence-corrected chi connectivity index (χ3v) is 5.95. The van der Waals surface area contributed by atoms with Crippen molar-refractivity contribution in [3.8, 4) is 11.5 Å². The topological polar surface area (TPSA) is 76.1 Å². The van der Waals surface area contributed by atoms with E-state index in [1.165, 1.54) is 49.5 Å². The van der Waals surface area contributed by atoms with Gasteiger partial charge in [0.1, 0.15) is 17.4 Å². The minimum atomic E-state index is -1.15.